The zero-order valence-corrected chi connectivity index (χ0v) is 13.5. The molecule has 1 N–H and O–H groups in total. The summed E-state index contributed by atoms with van der Waals surface area (Å²) in [5.74, 6) is 0.167. The summed E-state index contributed by atoms with van der Waals surface area (Å²) in [5, 5.41) is 7.15. The predicted octanol–water partition coefficient (Wildman–Crippen LogP) is 2.44. The highest BCUT2D eigenvalue weighted by Gasteiger charge is 2.12. The van der Waals surface area contributed by atoms with Crippen LogP contribution < -0.4 is 10.9 Å². The van der Waals surface area contributed by atoms with Crippen molar-refractivity contribution in [3.05, 3.63) is 82.4 Å². The monoisotopic (exact) mass is 322 g/mol. The molecule has 6 nitrogen and oxygen atoms in total. The quantitative estimate of drug-likeness (QED) is 0.802. The summed E-state index contributed by atoms with van der Waals surface area (Å²) in [7, 11) is 1.61. The second kappa shape index (κ2) is 6.54. The van der Waals surface area contributed by atoms with E-state index < -0.39 is 0 Å². The Morgan fingerprint density at radius 3 is 2.58 bits per heavy atom. The molecular formula is C18H18N4O2. The van der Waals surface area contributed by atoms with Crippen LogP contribution in [0.1, 0.15) is 28.9 Å². The highest BCUT2D eigenvalue weighted by molar-refractivity contribution is 6.03. The number of nitrogens with one attached hydrogen (secondary N) is 1. The van der Waals surface area contributed by atoms with Gasteiger partial charge in [0.05, 0.1) is 11.6 Å². The van der Waals surface area contributed by atoms with E-state index in [-0.39, 0.29) is 17.5 Å². The van der Waals surface area contributed by atoms with E-state index in [1.165, 1.54) is 22.9 Å². The summed E-state index contributed by atoms with van der Waals surface area (Å²) in [6.07, 6.45) is 3.33. The number of rotatable bonds is 4. The normalized spacial score (nSPS) is 11.9. The number of amides is 1. The SMILES string of the molecule is CC(c1ccccc1)n1ccc(NC(=O)c2ccc(=O)n(C)c2)n1. The van der Waals surface area contributed by atoms with Gasteiger partial charge in [-0.25, -0.2) is 0 Å². The average molecular weight is 322 g/mol. The molecule has 2 aromatic heterocycles. The summed E-state index contributed by atoms with van der Waals surface area (Å²) in [6, 6.07) is 14.7. The van der Waals surface area contributed by atoms with Gasteiger partial charge in [-0.1, -0.05) is 30.3 Å². The van der Waals surface area contributed by atoms with Gasteiger partial charge in [0.15, 0.2) is 5.82 Å². The molecule has 3 rings (SSSR count). The van der Waals surface area contributed by atoms with Gasteiger partial charge < -0.3 is 9.88 Å². The lowest BCUT2D eigenvalue weighted by atomic mass is 10.1. The largest absolute Gasteiger partial charge is 0.318 e. The van der Waals surface area contributed by atoms with Gasteiger partial charge in [0.25, 0.3) is 5.91 Å². The number of anilines is 1. The first-order valence-corrected chi connectivity index (χ1v) is 7.63. The fourth-order valence-corrected chi connectivity index (χ4v) is 2.42. The minimum absolute atomic E-state index is 0.0643. The molecule has 2 heterocycles. The molecular weight excluding hydrogens is 304 g/mol. The molecule has 122 valence electrons. The Balaban J connectivity index is 1.75. The first kappa shape index (κ1) is 15.7. The summed E-state index contributed by atoms with van der Waals surface area (Å²) in [4.78, 5) is 23.6. The molecule has 0 aliphatic heterocycles. The Hall–Kier alpha value is -3.15. The second-order valence-electron chi connectivity index (χ2n) is 5.59. The lowest BCUT2D eigenvalue weighted by Gasteiger charge is -2.12. The number of carbonyl (C=O) groups is 1. The smallest absolute Gasteiger partial charge is 0.258 e. The van der Waals surface area contributed by atoms with Crippen molar-refractivity contribution in [3.63, 3.8) is 0 Å². The lowest BCUT2D eigenvalue weighted by molar-refractivity contribution is 0.102. The van der Waals surface area contributed by atoms with E-state index >= 15 is 0 Å². The van der Waals surface area contributed by atoms with Crippen molar-refractivity contribution < 1.29 is 4.79 Å². The van der Waals surface area contributed by atoms with Crippen molar-refractivity contribution in [2.45, 2.75) is 13.0 Å². The van der Waals surface area contributed by atoms with Crippen LogP contribution in [0.25, 0.3) is 0 Å². The maximum absolute atomic E-state index is 12.3. The van der Waals surface area contributed by atoms with E-state index in [9.17, 15) is 9.59 Å². The van der Waals surface area contributed by atoms with Crippen molar-refractivity contribution in [3.8, 4) is 0 Å². The van der Waals surface area contributed by atoms with Crippen LogP contribution >= 0.6 is 0 Å². The van der Waals surface area contributed by atoms with Crippen LogP contribution in [0.3, 0.4) is 0 Å². The number of hydrogen-bond acceptors (Lipinski definition) is 3. The fourth-order valence-electron chi connectivity index (χ4n) is 2.42. The van der Waals surface area contributed by atoms with Crippen molar-refractivity contribution in [2.24, 2.45) is 7.05 Å². The third-order valence-corrected chi connectivity index (χ3v) is 3.88. The van der Waals surface area contributed by atoms with Gasteiger partial charge in [-0.2, -0.15) is 5.10 Å². The van der Waals surface area contributed by atoms with E-state index in [1.807, 2.05) is 43.5 Å². The van der Waals surface area contributed by atoms with E-state index in [0.717, 1.165) is 5.56 Å². The zero-order chi connectivity index (χ0) is 17.1. The maximum Gasteiger partial charge on any atom is 0.258 e. The Morgan fingerprint density at radius 1 is 1.12 bits per heavy atom. The molecule has 0 radical (unpaired) electrons. The Bertz CT molecular complexity index is 912. The number of carbonyl (C=O) groups excluding carboxylic acids is 1. The van der Waals surface area contributed by atoms with Gasteiger partial charge >= 0.3 is 0 Å². The number of aromatic nitrogens is 3. The molecule has 1 unspecified atom stereocenters. The molecule has 0 saturated heterocycles. The standard InChI is InChI=1S/C18H18N4O2/c1-13(14-6-4-3-5-7-14)22-11-10-16(20-22)19-18(24)15-8-9-17(23)21(2)12-15/h3-13H,1-2H3,(H,19,20,24). The van der Waals surface area contributed by atoms with Crippen molar-refractivity contribution in [2.75, 3.05) is 5.32 Å². The summed E-state index contributed by atoms with van der Waals surface area (Å²) >= 11 is 0. The average Bonchev–Trinajstić information content (AvgIpc) is 3.06. The highest BCUT2D eigenvalue weighted by Crippen LogP contribution is 2.18. The van der Waals surface area contributed by atoms with Gasteiger partial charge in [0.1, 0.15) is 0 Å². The number of hydrogen-bond donors (Lipinski definition) is 1. The maximum atomic E-state index is 12.3. The molecule has 0 fully saturated rings. The fraction of sp³-hybridized carbons (Fsp3) is 0.167. The van der Waals surface area contributed by atoms with E-state index in [1.54, 1.807) is 17.8 Å². The van der Waals surface area contributed by atoms with Crippen LogP contribution in [-0.4, -0.2) is 20.3 Å². The van der Waals surface area contributed by atoms with Crippen molar-refractivity contribution >= 4 is 11.7 Å². The molecule has 6 heteroatoms. The second-order valence-corrected chi connectivity index (χ2v) is 5.59. The first-order chi connectivity index (χ1) is 11.5. The molecule has 1 amide bonds. The minimum atomic E-state index is -0.303. The first-order valence-electron chi connectivity index (χ1n) is 7.63. The Kier molecular flexibility index (Phi) is 4.29. The van der Waals surface area contributed by atoms with Crippen LogP contribution in [0.4, 0.5) is 5.82 Å². The predicted molar refractivity (Wildman–Crippen MR) is 92.1 cm³/mol. The van der Waals surface area contributed by atoms with Crippen LogP contribution in [-0.2, 0) is 7.05 Å². The van der Waals surface area contributed by atoms with Gasteiger partial charge in [0, 0.05) is 31.6 Å². The zero-order valence-electron chi connectivity index (χ0n) is 13.5. The minimum Gasteiger partial charge on any atom is -0.318 e. The molecule has 0 bridgehead atoms. The summed E-state index contributed by atoms with van der Waals surface area (Å²) < 4.78 is 3.16. The lowest BCUT2D eigenvalue weighted by Crippen LogP contribution is -2.19. The molecule has 0 spiro atoms. The molecule has 3 aromatic rings. The van der Waals surface area contributed by atoms with Crippen LogP contribution in [0.15, 0.2) is 65.7 Å². The molecule has 1 aromatic carbocycles. The third-order valence-electron chi connectivity index (χ3n) is 3.88. The van der Waals surface area contributed by atoms with Gasteiger partial charge in [-0.15, -0.1) is 0 Å². The number of pyridine rings is 1. The van der Waals surface area contributed by atoms with Crippen molar-refractivity contribution in [1.82, 2.24) is 14.3 Å². The number of benzene rings is 1. The Labute approximate surface area is 139 Å². The summed E-state index contributed by atoms with van der Waals surface area (Å²) in [6.45, 7) is 2.04. The molecule has 0 aliphatic rings. The van der Waals surface area contributed by atoms with Gasteiger partial charge in [-0.05, 0) is 18.6 Å². The van der Waals surface area contributed by atoms with Crippen LogP contribution in [0.2, 0.25) is 0 Å². The highest BCUT2D eigenvalue weighted by atomic mass is 16.2. The van der Waals surface area contributed by atoms with Gasteiger partial charge in [-0.3, -0.25) is 14.3 Å². The van der Waals surface area contributed by atoms with Gasteiger partial charge in [0.2, 0.25) is 5.56 Å². The topological polar surface area (TPSA) is 68.9 Å². The number of aryl methyl sites for hydroxylation is 1. The van der Waals surface area contributed by atoms with Crippen LogP contribution in [0.5, 0.6) is 0 Å². The molecule has 0 aliphatic carbocycles. The van der Waals surface area contributed by atoms with Crippen LogP contribution in [0, 0.1) is 0 Å². The molecule has 1 atom stereocenters. The summed E-state index contributed by atoms with van der Waals surface area (Å²) in [5.41, 5.74) is 1.38. The molecule has 24 heavy (non-hydrogen) atoms. The molecule has 0 saturated carbocycles. The van der Waals surface area contributed by atoms with Crippen molar-refractivity contribution in [1.29, 1.82) is 0 Å². The third kappa shape index (κ3) is 3.27. The number of nitrogens with zero attached hydrogens (tertiary/aromatic N) is 3. The van der Waals surface area contributed by atoms with E-state index in [2.05, 4.69) is 10.4 Å². The van der Waals surface area contributed by atoms with E-state index in [0.29, 0.717) is 11.4 Å². The van der Waals surface area contributed by atoms with E-state index in [4.69, 9.17) is 0 Å². The Morgan fingerprint density at radius 2 is 1.88 bits per heavy atom.